The number of para-hydroxylation sites is 2. The molecule has 5 rings (SSSR count). The van der Waals surface area contributed by atoms with Crippen LogP contribution in [0.5, 0.6) is 0 Å². The smallest absolute Gasteiger partial charge is 0.354 e. The maximum atomic E-state index is 13.9. The van der Waals surface area contributed by atoms with Crippen molar-refractivity contribution in [1.29, 1.82) is 0 Å². The second-order valence-corrected chi connectivity index (χ2v) is 10.4. The molecule has 1 saturated heterocycles. The molecule has 2 unspecified atom stereocenters. The van der Waals surface area contributed by atoms with Crippen LogP contribution in [0.25, 0.3) is 5.69 Å². The fourth-order valence-electron chi connectivity index (χ4n) is 5.92. The summed E-state index contributed by atoms with van der Waals surface area (Å²) < 4.78 is 1.85. The van der Waals surface area contributed by atoms with E-state index in [-0.39, 0.29) is 23.7 Å². The highest BCUT2D eigenvalue weighted by Crippen LogP contribution is 2.33. The average Bonchev–Trinajstić information content (AvgIpc) is 2.94. The standard InChI is InChI=1S/C31H37N5O2/c1-5-12-24-13-10-11-16-27(24)36-28-21-33(25-14-8-7-9-15-25)18-17-26(28)30(32-31(36)38)35-20-22(3)34(19-23(35)4)29(37)6-2/h6-11,13-16,22-23H,2,5,12,17-21H2,1,3-4H3. The third-order valence-corrected chi connectivity index (χ3v) is 7.84. The normalized spacial score (nSPS) is 19.3. The van der Waals surface area contributed by atoms with Crippen LogP contribution in [-0.2, 0) is 24.2 Å². The second kappa shape index (κ2) is 10.9. The Morgan fingerprint density at radius 1 is 1.05 bits per heavy atom. The van der Waals surface area contributed by atoms with Crippen molar-refractivity contribution in [2.75, 3.05) is 29.4 Å². The topological polar surface area (TPSA) is 61.7 Å². The van der Waals surface area contributed by atoms with Crippen LogP contribution >= 0.6 is 0 Å². The number of carbonyl (C=O) groups excluding carboxylic acids is 1. The molecule has 0 saturated carbocycles. The SMILES string of the molecule is C=CC(=O)N1CC(C)N(c2nc(=O)n(-c3ccccc3CCC)c3c2CCN(c2ccccc2)C3)CC1C. The highest BCUT2D eigenvalue weighted by atomic mass is 16.2. The number of anilines is 2. The first-order chi connectivity index (χ1) is 18.4. The van der Waals surface area contributed by atoms with Crippen LogP contribution < -0.4 is 15.5 Å². The number of fused-ring (bicyclic) bond motifs is 1. The lowest BCUT2D eigenvalue weighted by molar-refractivity contribution is -0.128. The minimum Gasteiger partial charge on any atom is -0.365 e. The van der Waals surface area contributed by atoms with E-state index in [4.69, 9.17) is 4.98 Å². The third-order valence-electron chi connectivity index (χ3n) is 7.84. The molecule has 0 bridgehead atoms. The van der Waals surface area contributed by atoms with Crippen molar-refractivity contribution in [3.8, 4) is 5.69 Å². The van der Waals surface area contributed by atoms with E-state index in [1.807, 2.05) is 40.7 Å². The fourth-order valence-corrected chi connectivity index (χ4v) is 5.92. The van der Waals surface area contributed by atoms with E-state index in [0.717, 1.165) is 59.8 Å². The van der Waals surface area contributed by atoms with E-state index >= 15 is 0 Å². The van der Waals surface area contributed by atoms with E-state index < -0.39 is 0 Å². The van der Waals surface area contributed by atoms with E-state index in [1.54, 1.807) is 0 Å². The van der Waals surface area contributed by atoms with Gasteiger partial charge >= 0.3 is 5.69 Å². The summed E-state index contributed by atoms with van der Waals surface area (Å²) in [5.74, 6) is 0.715. The monoisotopic (exact) mass is 511 g/mol. The first kappa shape index (κ1) is 25.8. The molecule has 2 aliphatic rings. The van der Waals surface area contributed by atoms with Gasteiger partial charge in [-0.25, -0.2) is 4.79 Å². The minimum atomic E-state index is -0.248. The number of aryl methyl sites for hydroxylation is 1. The summed E-state index contributed by atoms with van der Waals surface area (Å²) in [6.45, 7) is 12.6. The lowest BCUT2D eigenvalue weighted by atomic mass is 10.00. The first-order valence-corrected chi connectivity index (χ1v) is 13.7. The summed E-state index contributed by atoms with van der Waals surface area (Å²) in [4.78, 5) is 37.5. The van der Waals surface area contributed by atoms with Gasteiger partial charge in [-0.2, -0.15) is 4.98 Å². The van der Waals surface area contributed by atoms with Crippen molar-refractivity contribution in [3.05, 3.63) is 94.6 Å². The van der Waals surface area contributed by atoms with Crippen LogP contribution in [0.15, 0.2) is 72.0 Å². The van der Waals surface area contributed by atoms with Gasteiger partial charge in [0.2, 0.25) is 5.91 Å². The number of hydrogen-bond donors (Lipinski definition) is 0. The third kappa shape index (κ3) is 4.73. The van der Waals surface area contributed by atoms with Gasteiger partial charge in [-0.1, -0.05) is 56.3 Å². The molecule has 0 aliphatic carbocycles. The van der Waals surface area contributed by atoms with E-state index in [0.29, 0.717) is 19.6 Å². The molecule has 2 aliphatic heterocycles. The molecule has 198 valence electrons. The van der Waals surface area contributed by atoms with Crippen LogP contribution in [0.1, 0.15) is 44.0 Å². The van der Waals surface area contributed by atoms with Gasteiger partial charge in [-0.15, -0.1) is 0 Å². The van der Waals surface area contributed by atoms with Gasteiger partial charge in [-0.3, -0.25) is 9.36 Å². The first-order valence-electron chi connectivity index (χ1n) is 13.7. The van der Waals surface area contributed by atoms with Crippen LogP contribution in [0.3, 0.4) is 0 Å². The van der Waals surface area contributed by atoms with Gasteiger partial charge in [0.1, 0.15) is 5.82 Å². The number of piperazine rings is 1. The van der Waals surface area contributed by atoms with Crippen molar-refractivity contribution >= 4 is 17.4 Å². The predicted octanol–water partition coefficient (Wildman–Crippen LogP) is 4.36. The van der Waals surface area contributed by atoms with Crippen molar-refractivity contribution in [3.63, 3.8) is 0 Å². The Balaban J connectivity index is 1.64. The van der Waals surface area contributed by atoms with Crippen molar-refractivity contribution in [2.24, 2.45) is 0 Å². The van der Waals surface area contributed by atoms with Crippen molar-refractivity contribution < 1.29 is 4.79 Å². The molecule has 7 heteroatoms. The van der Waals surface area contributed by atoms with Crippen LogP contribution in [0.2, 0.25) is 0 Å². The maximum Gasteiger partial charge on any atom is 0.354 e. The predicted molar refractivity (Wildman–Crippen MR) is 153 cm³/mol. The van der Waals surface area contributed by atoms with Gasteiger partial charge < -0.3 is 14.7 Å². The van der Waals surface area contributed by atoms with Gasteiger partial charge in [0.15, 0.2) is 0 Å². The number of carbonyl (C=O) groups is 1. The molecule has 2 atom stereocenters. The zero-order valence-electron chi connectivity index (χ0n) is 22.6. The number of benzene rings is 2. The van der Waals surface area contributed by atoms with Gasteiger partial charge in [0.05, 0.1) is 17.9 Å². The molecule has 2 aromatic carbocycles. The molecule has 3 heterocycles. The molecule has 3 aromatic rings. The average molecular weight is 512 g/mol. The lowest BCUT2D eigenvalue weighted by Gasteiger charge is -2.45. The summed E-state index contributed by atoms with van der Waals surface area (Å²) in [5.41, 5.74) is 5.11. The molecule has 1 aromatic heterocycles. The molecular weight excluding hydrogens is 474 g/mol. The Morgan fingerprint density at radius 2 is 1.79 bits per heavy atom. The van der Waals surface area contributed by atoms with Gasteiger partial charge in [0, 0.05) is 43.0 Å². The van der Waals surface area contributed by atoms with E-state index in [1.165, 1.54) is 6.08 Å². The Labute approximate surface area is 225 Å². The molecule has 1 fully saturated rings. The fraction of sp³-hybridized carbons (Fsp3) is 0.387. The number of aromatic nitrogens is 2. The number of amides is 1. The summed E-state index contributed by atoms with van der Waals surface area (Å²) in [6, 6.07) is 18.6. The summed E-state index contributed by atoms with van der Waals surface area (Å²) >= 11 is 0. The van der Waals surface area contributed by atoms with Crippen LogP contribution in [0.4, 0.5) is 11.5 Å². The van der Waals surface area contributed by atoms with Crippen LogP contribution in [0, 0.1) is 0 Å². The van der Waals surface area contributed by atoms with Crippen molar-refractivity contribution in [1.82, 2.24) is 14.5 Å². The lowest BCUT2D eigenvalue weighted by Crippen LogP contribution is -2.58. The summed E-state index contributed by atoms with van der Waals surface area (Å²) in [6.07, 6.45) is 4.07. The maximum absolute atomic E-state index is 13.9. The van der Waals surface area contributed by atoms with E-state index in [2.05, 4.69) is 60.6 Å². The molecule has 1 amide bonds. The zero-order chi connectivity index (χ0) is 26.8. The Kier molecular flexibility index (Phi) is 7.36. The minimum absolute atomic E-state index is 0.00808. The van der Waals surface area contributed by atoms with Crippen LogP contribution in [-0.4, -0.2) is 52.1 Å². The number of hydrogen-bond acceptors (Lipinski definition) is 5. The Hall–Kier alpha value is -3.87. The van der Waals surface area contributed by atoms with Gasteiger partial charge in [0.25, 0.3) is 0 Å². The largest absolute Gasteiger partial charge is 0.365 e. The van der Waals surface area contributed by atoms with E-state index in [9.17, 15) is 9.59 Å². The van der Waals surface area contributed by atoms with Crippen molar-refractivity contribution in [2.45, 2.75) is 58.7 Å². The van der Waals surface area contributed by atoms with Gasteiger partial charge in [-0.05, 0) is 56.5 Å². The quantitative estimate of drug-likeness (QED) is 0.460. The molecule has 0 spiro atoms. The Bertz CT molecular complexity index is 1380. The highest BCUT2D eigenvalue weighted by Gasteiger charge is 2.35. The summed E-state index contributed by atoms with van der Waals surface area (Å²) in [7, 11) is 0. The number of rotatable bonds is 6. The second-order valence-electron chi connectivity index (χ2n) is 10.4. The zero-order valence-corrected chi connectivity index (χ0v) is 22.6. The highest BCUT2D eigenvalue weighted by molar-refractivity contribution is 5.87. The molecule has 0 radical (unpaired) electrons. The summed E-state index contributed by atoms with van der Waals surface area (Å²) in [5, 5.41) is 0. The molecular formula is C31H37N5O2. The molecule has 7 nitrogen and oxygen atoms in total. The molecule has 0 N–H and O–H groups in total. The number of nitrogens with zero attached hydrogens (tertiary/aromatic N) is 5. The molecule has 38 heavy (non-hydrogen) atoms. The Morgan fingerprint density at radius 3 is 2.53 bits per heavy atom.